The molecule has 1 saturated carbocycles. The van der Waals surface area contributed by atoms with Gasteiger partial charge in [-0.05, 0) is 12.8 Å². The minimum absolute atomic E-state index is 0.0867. The van der Waals surface area contributed by atoms with Crippen molar-refractivity contribution < 1.29 is 9.21 Å². The highest BCUT2D eigenvalue weighted by Gasteiger charge is 2.26. The van der Waals surface area contributed by atoms with E-state index in [-0.39, 0.29) is 5.25 Å². The summed E-state index contributed by atoms with van der Waals surface area (Å²) in [5, 5.41) is 0.693. The van der Waals surface area contributed by atoms with Gasteiger partial charge >= 0.3 is 0 Å². The first-order valence-electron chi connectivity index (χ1n) is 3.95. The number of nitrogens with zero attached hydrogens (tertiary/aromatic N) is 1. The molecule has 1 aromatic rings. The van der Waals surface area contributed by atoms with Crippen LogP contribution in [-0.2, 0) is 4.79 Å². The Balaban J connectivity index is 1.99. The Morgan fingerprint density at radius 3 is 3.17 bits per heavy atom. The van der Waals surface area contributed by atoms with Gasteiger partial charge in [-0.2, -0.15) is 0 Å². The first kappa shape index (κ1) is 7.86. The van der Waals surface area contributed by atoms with Crippen LogP contribution < -0.4 is 0 Å². The molecular formula is C8H9NO2S. The number of ketones is 1. The lowest BCUT2D eigenvalue weighted by atomic mass is 10.3. The molecule has 2 rings (SSSR count). The van der Waals surface area contributed by atoms with Crippen LogP contribution in [0.1, 0.15) is 19.3 Å². The van der Waals surface area contributed by atoms with E-state index in [4.69, 9.17) is 4.42 Å². The Hall–Kier alpha value is -0.770. The molecular weight excluding hydrogens is 174 g/mol. The number of rotatable bonds is 2. The van der Waals surface area contributed by atoms with Crippen molar-refractivity contribution in [3.05, 3.63) is 12.5 Å². The Labute approximate surface area is 74.5 Å². The quantitative estimate of drug-likeness (QED) is 0.702. The highest BCUT2D eigenvalue weighted by Crippen LogP contribution is 2.31. The molecule has 1 aliphatic carbocycles. The molecule has 12 heavy (non-hydrogen) atoms. The molecule has 1 atom stereocenters. The Bertz CT molecular complexity index is 271. The molecule has 0 N–H and O–H groups in total. The molecule has 0 bridgehead atoms. The minimum atomic E-state index is 0.0867. The third-order valence-electron chi connectivity index (χ3n) is 1.90. The first-order valence-corrected chi connectivity index (χ1v) is 4.83. The maximum absolute atomic E-state index is 11.2. The lowest BCUT2D eigenvalue weighted by molar-refractivity contribution is -0.116. The van der Waals surface area contributed by atoms with E-state index >= 15 is 0 Å². The van der Waals surface area contributed by atoms with E-state index in [9.17, 15) is 4.79 Å². The van der Waals surface area contributed by atoms with Crippen LogP contribution in [0.2, 0.25) is 0 Å². The van der Waals surface area contributed by atoms with Crippen LogP contribution in [0.5, 0.6) is 0 Å². The number of Topliss-reactive ketones (excluding diaryl/α,β-unsaturated/α-hetero) is 1. The van der Waals surface area contributed by atoms with Gasteiger partial charge in [-0.25, -0.2) is 4.98 Å². The third kappa shape index (κ3) is 1.53. The highest BCUT2D eigenvalue weighted by atomic mass is 32.2. The van der Waals surface area contributed by atoms with Gasteiger partial charge in [0.1, 0.15) is 12.0 Å². The molecule has 0 saturated heterocycles. The summed E-state index contributed by atoms with van der Waals surface area (Å²) in [6.45, 7) is 0. The second-order valence-corrected chi connectivity index (χ2v) is 3.92. The molecule has 1 unspecified atom stereocenters. The summed E-state index contributed by atoms with van der Waals surface area (Å²) in [5.74, 6) is 0.332. The summed E-state index contributed by atoms with van der Waals surface area (Å²) in [7, 11) is 0. The van der Waals surface area contributed by atoms with Crippen molar-refractivity contribution in [3.8, 4) is 0 Å². The van der Waals surface area contributed by atoms with Gasteiger partial charge < -0.3 is 4.42 Å². The maximum Gasteiger partial charge on any atom is 0.256 e. The van der Waals surface area contributed by atoms with Gasteiger partial charge in [0.25, 0.3) is 5.22 Å². The van der Waals surface area contributed by atoms with E-state index in [1.54, 1.807) is 6.20 Å². The fourth-order valence-corrected chi connectivity index (χ4v) is 2.31. The first-order chi connectivity index (χ1) is 5.86. The number of hydrogen-bond donors (Lipinski definition) is 0. The van der Waals surface area contributed by atoms with Gasteiger partial charge in [-0.3, -0.25) is 4.79 Å². The van der Waals surface area contributed by atoms with E-state index in [0.29, 0.717) is 11.0 Å². The average molecular weight is 183 g/mol. The smallest absolute Gasteiger partial charge is 0.256 e. The van der Waals surface area contributed by atoms with E-state index in [1.165, 1.54) is 18.0 Å². The van der Waals surface area contributed by atoms with Crippen LogP contribution in [0.15, 0.2) is 22.1 Å². The van der Waals surface area contributed by atoms with Gasteiger partial charge in [-0.15, -0.1) is 0 Å². The van der Waals surface area contributed by atoms with Gasteiger partial charge in [0.05, 0.1) is 11.4 Å². The summed E-state index contributed by atoms with van der Waals surface area (Å²) < 4.78 is 5.04. The number of carbonyl (C=O) groups excluding carboxylic acids is 1. The Kier molecular flexibility index (Phi) is 2.17. The van der Waals surface area contributed by atoms with Gasteiger partial charge in [0.15, 0.2) is 0 Å². The molecule has 0 aromatic carbocycles. The molecule has 64 valence electrons. The Morgan fingerprint density at radius 1 is 1.67 bits per heavy atom. The second kappa shape index (κ2) is 3.31. The maximum atomic E-state index is 11.2. The summed E-state index contributed by atoms with van der Waals surface area (Å²) in [4.78, 5) is 15.2. The van der Waals surface area contributed by atoms with Crippen molar-refractivity contribution in [3.63, 3.8) is 0 Å². The lowest BCUT2D eigenvalue weighted by Gasteiger charge is -2.01. The largest absolute Gasteiger partial charge is 0.440 e. The summed E-state index contributed by atoms with van der Waals surface area (Å²) in [6.07, 6.45) is 5.82. The van der Waals surface area contributed by atoms with Crippen molar-refractivity contribution >= 4 is 17.5 Å². The fraction of sp³-hybridized carbons (Fsp3) is 0.500. The monoisotopic (exact) mass is 183 g/mol. The number of thioether (sulfide) groups is 1. The van der Waals surface area contributed by atoms with Crippen molar-refractivity contribution in [1.82, 2.24) is 4.98 Å². The van der Waals surface area contributed by atoms with Crippen molar-refractivity contribution in [2.45, 2.75) is 29.7 Å². The van der Waals surface area contributed by atoms with Gasteiger partial charge in [-0.1, -0.05) is 11.8 Å². The summed E-state index contributed by atoms with van der Waals surface area (Å²) >= 11 is 1.44. The third-order valence-corrected chi connectivity index (χ3v) is 3.09. The molecule has 0 amide bonds. The second-order valence-electron chi connectivity index (χ2n) is 2.76. The van der Waals surface area contributed by atoms with Gasteiger partial charge in [0.2, 0.25) is 0 Å². The predicted molar refractivity (Wildman–Crippen MR) is 45.0 cm³/mol. The van der Waals surface area contributed by atoms with Crippen molar-refractivity contribution in [2.24, 2.45) is 0 Å². The molecule has 1 fully saturated rings. The number of carbonyl (C=O) groups is 1. The Morgan fingerprint density at radius 2 is 2.58 bits per heavy atom. The zero-order chi connectivity index (χ0) is 8.39. The molecule has 0 aliphatic heterocycles. The molecule has 1 heterocycles. The normalized spacial score (nSPS) is 23.3. The van der Waals surface area contributed by atoms with Crippen molar-refractivity contribution in [2.75, 3.05) is 0 Å². The molecule has 0 spiro atoms. The molecule has 1 aromatic heterocycles. The number of oxazole rings is 1. The van der Waals surface area contributed by atoms with Crippen LogP contribution in [0.3, 0.4) is 0 Å². The standard InChI is InChI=1S/C8H9NO2S/c10-6-2-1-3-7(6)12-8-9-4-5-11-8/h4-5,7H,1-3H2. The zero-order valence-corrected chi connectivity index (χ0v) is 7.34. The number of aromatic nitrogens is 1. The van der Waals surface area contributed by atoms with Crippen LogP contribution in [0.25, 0.3) is 0 Å². The summed E-state index contributed by atoms with van der Waals surface area (Å²) in [6, 6.07) is 0. The highest BCUT2D eigenvalue weighted by molar-refractivity contribution is 8.00. The molecule has 1 aliphatic rings. The van der Waals surface area contributed by atoms with Crippen molar-refractivity contribution in [1.29, 1.82) is 0 Å². The van der Waals surface area contributed by atoms with Crippen LogP contribution >= 0.6 is 11.8 Å². The predicted octanol–water partition coefficient (Wildman–Crippen LogP) is 1.89. The minimum Gasteiger partial charge on any atom is -0.440 e. The van der Waals surface area contributed by atoms with E-state index in [0.717, 1.165) is 19.3 Å². The van der Waals surface area contributed by atoms with Gasteiger partial charge in [0, 0.05) is 6.42 Å². The molecule has 3 nitrogen and oxygen atoms in total. The lowest BCUT2D eigenvalue weighted by Crippen LogP contribution is -2.07. The molecule has 4 heteroatoms. The van der Waals surface area contributed by atoms with E-state index in [2.05, 4.69) is 4.98 Å². The summed E-state index contributed by atoms with van der Waals surface area (Å²) in [5.41, 5.74) is 0. The zero-order valence-electron chi connectivity index (χ0n) is 6.53. The fourth-order valence-electron chi connectivity index (χ4n) is 1.30. The van der Waals surface area contributed by atoms with Crippen LogP contribution in [0.4, 0.5) is 0 Å². The van der Waals surface area contributed by atoms with E-state index < -0.39 is 0 Å². The molecule has 0 radical (unpaired) electrons. The van der Waals surface area contributed by atoms with E-state index in [1.807, 2.05) is 0 Å². The topological polar surface area (TPSA) is 43.1 Å². The number of hydrogen-bond acceptors (Lipinski definition) is 4. The average Bonchev–Trinajstić information content (AvgIpc) is 2.65. The van der Waals surface area contributed by atoms with Crippen LogP contribution in [-0.4, -0.2) is 16.0 Å². The SMILES string of the molecule is O=C1CCCC1Sc1ncco1. The van der Waals surface area contributed by atoms with Crippen LogP contribution in [0, 0.1) is 0 Å².